The zero-order valence-electron chi connectivity index (χ0n) is 9.83. The van der Waals surface area contributed by atoms with E-state index >= 15 is 0 Å². The van der Waals surface area contributed by atoms with Gasteiger partial charge in [0.25, 0.3) is 0 Å². The van der Waals surface area contributed by atoms with E-state index in [1.54, 1.807) is 0 Å². The standard InChI is InChI=1S/C11H23NO2S/c1-3-10-5-4-6-11(12,9-10)7-8-15(2,13)14/h10H,3-9,12H2,1-2H3. The maximum absolute atomic E-state index is 11.1. The van der Waals surface area contributed by atoms with E-state index in [-0.39, 0.29) is 11.3 Å². The molecule has 0 amide bonds. The van der Waals surface area contributed by atoms with Gasteiger partial charge in [-0.1, -0.05) is 26.2 Å². The summed E-state index contributed by atoms with van der Waals surface area (Å²) in [6, 6.07) is 0. The van der Waals surface area contributed by atoms with Crippen molar-refractivity contribution < 1.29 is 8.42 Å². The fraction of sp³-hybridized carbons (Fsp3) is 1.00. The first-order valence-electron chi connectivity index (χ1n) is 5.81. The van der Waals surface area contributed by atoms with Crippen LogP contribution in [0.1, 0.15) is 45.4 Å². The Morgan fingerprint density at radius 3 is 2.67 bits per heavy atom. The van der Waals surface area contributed by atoms with E-state index in [4.69, 9.17) is 5.73 Å². The molecule has 0 aromatic carbocycles. The molecule has 90 valence electrons. The third kappa shape index (κ3) is 4.51. The Labute approximate surface area is 93.3 Å². The SMILES string of the molecule is CCC1CCCC(N)(CCS(C)(=O)=O)C1. The van der Waals surface area contributed by atoms with Gasteiger partial charge in [0.2, 0.25) is 0 Å². The molecule has 2 unspecified atom stereocenters. The lowest BCUT2D eigenvalue weighted by atomic mass is 9.74. The van der Waals surface area contributed by atoms with Crippen molar-refractivity contribution in [1.82, 2.24) is 0 Å². The van der Waals surface area contributed by atoms with Gasteiger partial charge in [-0.2, -0.15) is 0 Å². The molecule has 0 radical (unpaired) electrons. The van der Waals surface area contributed by atoms with E-state index in [2.05, 4.69) is 6.92 Å². The molecule has 0 bridgehead atoms. The molecule has 1 rings (SSSR count). The summed E-state index contributed by atoms with van der Waals surface area (Å²) in [4.78, 5) is 0. The summed E-state index contributed by atoms with van der Waals surface area (Å²) >= 11 is 0. The highest BCUT2D eigenvalue weighted by molar-refractivity contribution is 7.90. The first-order valence-corrected chi connectivity index (χ1v) is 7.87. The van der Waals surface area contributed by atoms with E-state index in [1.807, 2.05) is 0 Å². The second-order valence-electron chi connectivity index (χ2n) is 5.11. The van der Waals surface area contributed by atoms with Crippen LogP contribution in [0.5, 0.6) is 0 Å². The predicted molar refractivity (Wildman–Crippen MR) is 63.5 cm³/mol. The van der Waals surface area contributed by atoms with Gasteiger partial charge in [0, 0.05) is 11.8 Å². The molecular formula is C11H23NO2S. The van der Waals surface area contributed by atoms with Gasteiger partial charge in [0.05, 0.1) is 5.75 Å². The lowest BCUT2D eigenvalue weighted by Gasteiger charge is -2.37. The number of hydrogen-bond donors (Lipinski definition) is 1. The van der Waals surface area contributed by atoms with Gasteiger partial charge >= 0.3 is 0 Å². The first kappa shape index (κ1) is 13.0. The summed E-state index contributed by atoms with van der Waals surface area (Å²) in [6.45, 7) is 2.19. The van der Waals surface area contributed by atoms with Crippen LogP contribution in [-0.4, -0.2) is 26.0 Å². The van der Waals surface area contributed by atoms with Crippen LogP contribution in [0.25, 0.3) is 0 Å². The lowest BCUT2D eigenvalue weighted by Crippen LogP contribution is -2.45. The van der Waals surface area contributed by atoms with Gasteiger partial charge in [0.15, 0.2) is 0 Å². The Bertz CT molecular complexity index is 300. The van der Waals surface area contributed by atoms with Crippen LogP contribution in [-0.2, 0) is 9.84 Å². The summed E-state index contributed by atoms with van der Waals surface area (Å²) < 4.78 is 22.2. The van der Waals surface area contributed by atoms with Crippen molar-refractivity contribution in [3.8, 4) is 0 Å². The number of hydrogen-bond acceptors (Lipinski definition) is 3. The normalized spacial score (nSPS) is 32.9. The molecule has 0 aliphatic heterocycles. The molecule has 1 fully saturated rings. The average Bonchev–Trinajstić information content (AvgIpc) is 2.14. The van der Waals surface area contributed by atoms with Crippen molar-refractivity contribution in [2.45, 2.75) is 51.0 Å². The maximum Gasteiger partial charge on any atom is 0.147 e. The Morgan fingerprint density at radius 1 is 1.47 bits per heavy atom. The molecule has 0 aromatic rings. The lowest BCUT2D eigenvalue weighted by molar-refractivity contribution is 0.214. The molecule has 15 heavy (non-hydrogen) atoms. The Balaban J connectivity index is 2.51. The molecular weight excluding hydrogens is 210 g/mol. The van der Waals surface area contributed by atoms with E-state index < -0.39 is 9.84 Å². The zero-order valence-corrected chi connectivity index (χ0v) is 10.6. The Hall–Kier alpha value is -0.0900. The van der Waals surface area contributed by atoms with E-state index in [0.717, 1.165) is 25.7 Å². The van der Waals surface area contributed by atoms with Crippen molar-refractivity contribution >= 4 is 9.84 Å². The van der Waals surface area contributed by atoms with Crippen molar-refractivity contribution in [1.29, 1.82) is 0 Å². The molecule has 0 aromatic heterocycles. The van der Waals surface area contributed by atoms with E-state index in [0.29, 0.717) is 12.3 Å². The number of rotatable bonds is 4. The first-order chi connectivity index (χ1) is 6.85. The van der Waals surface area contributed by atoms with Crippen molar-refractivity contribution in [3.63, 3.8) is 0 Å². The molecule has 3 nitrogen and oxygen atoms in total. The average molecular weight is 233 g/mol. The molecule has 0 saturated heterocycles. The predicted octanol–water partition coefficient (Wildman–Crippen LogP) is 1.72. The minimum atomic E-state index is -2.87. The topological polar surface area (TPSA) is 60.2 Å². The van der Waals surface area contributed by atoms with Crippen molar-refractivity contribution in [2.75, 3.05) is 12.0 Å². The summed E-state index contributed by atoms with van der Waals surface area (Å²) in [5.74, 6) is 0.934. The quantitative estimate of drug-likeness (QED) is 0.804. The number of sulfone groups is 1. The monoisotopic (exact) mass is 233 g/mol. The van der Waals surface area contributed by atoms with Gasteiger partial charge in [0.1, 0.15) is 9.84 Å². The van der Waals surface area contributed by atoms with Gasteiger partial charge in [-0.25, -0.2) is 8.42 Å². The minimum absolute atomic E-state index is 0.220. The second-order valence-corrected chi connectivity index (χ2v) is 7.37. The minimum Gasteiger partial charge on any atom is -0.325 e. The Morgan fingerprint density at radius 2 is 2.13 bits per heavy atom. The fourth-order valence-electron chi connectivity index (χ4n) is 2.49. The highest BCUT2D eigenvalue weighted by atomic mass is 32.2. The van der Waals surface area contributed by atoms with E-state index in [9.17, 15) is 8.42 Å². The number of nitrogens with two attached hydrogens (primary N) is 1. The van der Waals surface area contributed by atoms with Gasteiger partial charge in [-0.3, -0.25) is 0 Å². The van der Waals surface area contributed by atoms with E-state index in [1.165, 1.54) is 12.7 Å². The highest BCUT2D eigenvalue weighted by Gasteiger charge is 2.32. The van der Waals surface area contributed by atoms with Crippen LogP contribution in [0, 0.1) is 5.92 Å². The van der Waals surface area contributed by atoms with Crippen LogP contribution in [0.15, 0.2) is 0 Å². The third-order valence-corrected chi connectivity index (χ3v) is 4.48. The molecule has 0 heterocycles. The molecule has 2 atom stereocenters. The van der Waals surface area contributed by atoms with Crippen LogP contribution in [0.2, 0.25) is 0 Å². The molecule has 2 N–H and O–H groups in total. The molecule has 1 aliphatic carbocycles. The van der Waals surface area contributed by atoms with Gasteiger partial charge in [-0.05, 0) is 25.2 Å². The summed E-state index contributed by atoms with van der Waals surface area (Å²) in [6.07, 6.45) is 7.47. The highest BCUT2D eigenvalue weighted by Crippen LogP contribution is 2.34. The summed E-state index contributed by atoms with van der Waals surface area (Å²) in [5, 5.41) is 0. The molecule has 0 spiro atoms. The van der Waals surface area contributed by atoms with Gasteiger partial charge in [-0.15, -0.1) is 0 Å². The molecule has 4 heteroatoms. The maximum atomic E-state index is 11.1. The summed E-state index contributed by atoms with van der Waals surface area (Å²) in [7, 11) is -2.87. The molecule has 1 aliphatic rings. The van der Waals surface area contributed by atoms with Crippen molar-refractivity contribution in [2.24, 2.45) is 11.7 Å². The largest absolute Gasteiger partial charge is 0.325 e. The van der Waals surface area contributed by atoms with Crippen molar-refractivity contribution in [3.05, 3.63) is 0 Å². The van der Waals surface area contributed by atoms with Gasteiger partial charge < -0.3 is 5.73 Å². The van der Waals surface area contributed by atoms with Crippen LogP contribution >= 0.6 is 0 Å². The molecule has 1 saturated carbocycles. The van der Waals surface area contributed by atoms with Crippen LogP contribution in [0.4, 0.5) is 0 Å². The fourth-order valence-corrected chi connectivity index (χ4v) is 3.26. The summed E-state index contributed by atoms with van der Waals surface area (Å²) in [5.41, 5.74) is 6.05. The second kappa shape index (κ2) is 4.83. The zero-order chi connectivity index (χ0) is 11.5. The van der Waals surface area contributed by atoms with Crippen LogP contribution in [0.3, 0.4) is 0 Å². The Kier molecular flexibility index (Phi) is 4.18. The smallest absolute Gasteiger partial charge is 0.147 e. The third-order valence-electron chi connectivity index (χ3n) is 3.53. The van der Waals surface area contributed by atoms with Crippen LogP contribution < -0.4 is 5.73 Å².